The fourth-order valence-corrected chi connectivity index (χ4v) is 4.37. The number of fused-ring (bicyclic) bond motifs is 1. The summed E-state index contributed by atoms with van der Waals surface area (Å²) in [6, 6.07) is 10.4. The lowest BCUT2D eigenvalue weighted by Gasteiger charge is -2.30. The first-order valence-corrected chi connectivity index (χ1v) is 11.6. The molecule has 9 heteroatoms. The number of nitrogens with zero attached hydrogens (tertiary/aromatic N) is 7. The minimum Gasteiger partial charge on any atom is -0.347 e. The van der Waals surface area contributed by atoms with E-state index in [1.54, 1.807) is 6.20 Å². The first-order valence-electron chi connectivity index (χ1n) is 11.6. The second-order valence-corrected chi connectivity index (χ2v) is 9.04. The number of hydrogen-bond donors (Lipinski definition) is 2. The molecule has 5 rings (SSSR count). The van der Waals surface area contributed by atoms with Crippen molar-refractivity contribution in [3.63, 3.8) is 0 Å². The number of para-hydroxylation sites is 1. The molecule has 0 bridgehead atoms. The van der Waals surface area contributed by atoms with E-state index in [0.717, 1.165) is 54.3 Å². The van der Waals surface area contributed by atoms with Crippen molar-refractivity contribution in [1.29, 1.82) is 0 Å². The molecule has 4 heterocycles. The van der Waals surface area contributed by atoms with Gasteiger partial charge in [0.15, 0.2) is 5.65 Å². The Labute approximate surface area is 193 Å². The maximum Gasteiger partial charge on any atom is 0.230 e. The third-order valence-electron chi connectivity index (χ3n) is 6.33. The summed E-state index contributed by atoms with van der Waals surface area (Å²) in [5, 5.41) is 12.7. The molecule has 1 aliphatic heterocycles. The summed E-state index contributed by atoms with van der Waals surface area (Å²) in [4.78, 5) is 12.1. The van der Waals surface area contributed by atoms with Gasteiger partial charge in [-0.3, -0.25) is 0 Å². The number of hydrogen-bond acceptors (Lipinski definition) is 7. The van der Waals surface area contributed by atoms with E-state index in [2.05, 4.69) is 53.3 Å². The molecule has 3 N–H and O–H groups in total. The number of piperidine rings is 1. The lowest BCUT2D eigenvalue weighted by molar-refractivity contribution is 0.495. The Hall–Kier alpha value is -3.46. The molecule has 1 aliphatic rings. The molecule has 1 fully saturated rings. The molecule has 0 unspecified atom stereocenters. The van der Waals surface area contributed by atoms with Crippen molar-refractivity contribution >= 4 is 17.5 Å². The van der Waals surface area contributed by atoms with Crippen LogP contribution in [0.5, 0.6) is 0 Å². The van der Waals surface area contributed by atoms with Gasteiger partial charge in [0.05, 0.1) is 17.9 Å². The molecule has 1 saturated heterocycles. The summed E-state index contributed by atoms with van der Waals surface area (Å²) in [7, 11) is 0. The number of nitrogens with two attached hydrogens (primary N) is 1. The minimum atomic E-state index is -0.0298. The van der Waals surface area contributed by atoms with Gasteiger partial charge in [0.25, 0.3) is 0 Å². The van der Waals surface area contributed by atoms with Gasteiger partial charge in [0.1, 0.15) is 0 Å². The lowest BCUT2D eigenvalue weighted by atomic mass is 10.1. The Morgan fingerprint density at radius 1 is 1.00 bits per heavy atom. The topological polar surface area (TPSA) is 102 Å². The predicted octanol–water partition coefficient (Wildman–Crippen LogP) is 3.53. The zero-order valence-corrected chi connectivity index (χ0v) is 19.4. The number of nitrogens with one attached hydrogen (secondary N) is 1. The third-order valence-corrected chi connectivity index (χ3v) is 6.33. The van der Waals surface area contributed by atoms with Crippen LogP contribution in [0.2, 0.25) is 0 Å². The number of anilines is 2. The van der Waals surface area contributed by atoms with Crippen LogP contribution in [-0.2, 0) is 0 Å². The molecule has 0 aliphatic carbocycles. The average Bonchev–Trinajstić information content (AvgIpc) is 3.50. The molecule has 9 nitrogen and oxygen atoms in total. The largest absolute Gasteiger partial charge is 0.347 e. The van der Waals surface area contributed by atoms with E-state index in [4.69, 9.17) is 15.7 Å². The average molecular weight is 446 g/mol. The van der Waals surface area contributed by atoms with Crippen LogP contribution in [0.1, 0.15) is 56.7 Å². The molecule has 0 amide bonds. The van der Waals surface area contributed by atoms with Crippen molar-refractivity contribution < 1.29 is 0 Å². The third kappa shape index (κ3) is 4.16. The second kappa shape index (κ2) is 8.82. The number of rotatable bonds is 6. The zero-order valence-electron chi connectivity index (χ0n) is 19.4. The monoisotopic (exact) mass is 445 g/mol. The van der Waals surface area contributed by atoms with Gasteiger partial charge in [-0.1, -0.05) is 32.0 Å². The smallest absolute Gasteiger partial charge is 0.230 e. The van der Waals surface area contributed by atoms with Gasteiger partial charge >= 0.3 is 0 Å². The molecule has 172 valence electrons. The molecule has 0 spiro atoms. The van der Waals surface area contributed by atoms with Gasteiger partial charge in [-0.25, -0.2) is 4.68 Å². The summed E-state index contributed by atoms with van der Waals surface area (Å²) >= 11 is 0. The Balaban J connectivity index is 1.54. The number of benzene rings is 1. The van der Waals surface area contributed by atoms with E-state index in [1.807, 2.05) is 39.8 Å². The lowest BCUT2D eigenvalue weighted by Crippen LogP contribution is -2.40. The van der Waals surface area contributed by atoms with Crippen LogP contribution in [0, 0.1) is 0 Å². The SMILES string of the molecule is CC(C)c1cnn2c(N[C@@H](C)c3ccccc3-n3cccn3)nc(N3CCC(N)CC3)nc12. The fourth-order valence-electron chi connectivity index (χ4n) is 4.37. The van der Waals surface area contributed by atoms with Crippen LogP contribution in [0.25, 0.3) is 11.3 Å². The molecule has 4 aromatic rings. The van der Waals surface area contributed by atoms with Crippen LogP contribution < -0.4 is 16.0 Å². The van der Waals surface area contributed by atoms with E-state index < -0.39 is 0 Å². The first kappa shape index (κ1) is 21.4. The minimum absolute atomic E-state index is 0.0298. The maximum atomic E-state index is 6.13. The maximum absolute atomic E-state index is 6.13. The molecule has 33 heavy (non-hydrogen) atoms. The highest BCUT2D eigenvalue weighted by molar-refractivity contribution is 5.57. The Morgan fingerprint density at radius 3 is 2.52 bits per heavy atom. The Morgan fingerprint density at radius 2 is 1.79 bits per heavy atom. The number of aromatic nitrogens is 6. The molecular formula is C24H31N9. The normalized spacial score (nSPS) is 16.0. The van der Waals surface area contributed by atoms with Crippen molar-refractivity contribution in [3.8, 4) is 5.69 Å². The highest BCUT2D eigenvalue weighted by Crippen LogP contribution is 2.28. The summed E-state index contributed by atoms with van der Waals surface area (Å²) < 4.78 is 3.71. The van der Waals surface area contributed by atoms with Crippen LogP contribution in [0.4, 0.5) is 11.9 Å². The van der Waals surface area contributed by atoms with Crippen molar-refractivity contribution in [3.05, 3.63) is 60.0 Å². The highest BCUT2D eigenvalue weighted by atomic mass is 15.4. The second-order valence-electron chi connectivity index (χ2n) is 9.04. The first-order chi connectivity index (χ1) is 16.0. The van der Waals surface area contributed by atoms with E-state index in [1.165, 1.54) is 0 Å². The van der Waals surface area contributed by atoms with Gasteiger partial charge in [-0.05, 0) is 43.4 Å². The zero-order chi connectivity index (χ0) is 22.9. The van der Waals surface area contributed by atoms with Gasteiger partial charge < -0.3 is 16.0 Å². The van der Waals surface area contributed by atoms with Crippen LogP contribution in [0.15, 0.2) is 48.9 Å². The fraction of sp³-hybridized carbons (Fsp3) is 0.417. The molecule has 1 aromatic carbocycles. The van der Waals surface area contributed by atoms with Gasteiger partial charge in [0.2, 0.25) is 11.9 Å². The molecule has 3 aromatic heterocycles. The van der Waals surface area contributed by atoms with Gasteiger partial charge in [0, 0.05) is 37.1 Å². The predicted molar refractivity (Wildman–Crippen MR) is 130 cm³/mol. The van der Waals surface area contributed by atoms with Crippen LogP contribution in [-0.4, -0.2) is 48.5 Å². The summed E-state index contributed by atoms with van der Waals surface area (Å²) in [5.41, 5.74) is 10.2. The summed E-state index contributed by atoms with van der Waals surface area (Å²) in [6.07, 6.45) is 7.54. The van der Waals surface area contributed by atoms with Crippen molar-refractivity contribution in [1.82, 2.24) is 29.4 Å². The highest BCUT2D eigenvalue weighted by Gasteiger charge is 2.23. The Kier molecular flexibility index (Phi) is 5.72. The Bertz CT molecular complexity index is 1220. The van der Waals surface area contributed by atoms with E-state index >= 15 is 0 Å². The van der Waals surface area contributed by atoms with Crippen LogP contribution >= 0.6 is 0 Å². The molecule has 0 saturated carbocycles. The summed E-state index contributed by atoms with van der Waals surface area (Å²) in [6.45, 7) is 8.17. The standard InChI is InChI=1S/C24H31N9/c1-16(2)20-15-27-33-22(20)29-23(31-13-9-18(25)10-14-31)30-24(33)28-17(3)19-7-4-5-8-21(19)32-12-6-11-26-32/h4-8,11-12,15-18H,9-10,13-14,25H2,1-3H3,(H,28,29,30)/t17-/m0/s1. The van der Waals surface area contributed by atoms with E-state index in [9.17, 15) is 0 Å². The van der Waals surface area contributed by atoms with Crippen molar-refractivity contribution in [2.75, 3.05) is 23.3 Å². The van der Waals surface area contributed by atoms with Crippen LogP contribution in [0.3, 0.4) is 0 Å². The van der Waals surface area contributed by atoms with Crippen molar-refractivity contribution in [2.45, 2.75) is 51.6 Å². The molecule has 1 atom stereocenters. The summed E-state index contributed by atoms with van der Waals surface area (Å²) in [5.74, 6) is 1.72. The molecule has 0 radical (unpaired) electrons. The van der Waals surface area contributed by atoms with E-state index in [-0.39, 0.29) is 12.1 Å². The molecular weight excluding hydrogens is 414 g/mol. The van der Waals surface area contributed by atoms with Gasteiger partial charge in [-0.2, -0.15) is 24.7 Å². The van der Waals surface area contributed by atoms with E-state index in [0.29, 0.717) is 11.9 Å². The van der Waals surface area contributed by atoms with Crippen molar-refractivity contribution in [2.24, 2.45) is 5.73 Å². The van der Waals surface area contributed by atoms with Gasteiger partial charge in [-0.15, -0.1) is 0 Å². The quantitative estimate of drug-likeness (QED) is 0.468.